The molecule has 0 amide bonds. The molecular formula is C15H14ClFO2. The van der Waals surface area contributed by atoms with Gasteiger partial charge in [-0.25, -0.2) is 4.39 Å². The second kappa shape index (κ2) is 6.04. The third-order valence-corrected chi connectivity index (χ3v) is 3.06. The van der Waals surface area contributed by atoms with E-state index in [4.69, 9.17) is 16.3 Å². The minimum absolute atomic E-state index is 0.105. The number of halogens is 2. The number of hydrogen-bond acceptors (Lipinski definition) is 2. The highest BCUT2D eigenvalue weighted by Gasteiger charge is 2.11. The molecule has 0 aromatic heterocycles. The van der Waals surface area contributed by atoms with Gasteiger partial charge < -0.3 is 9.84 Å². The summed E-state index contributed by atoms with van der Waals surface area (Å²) in [6.45, 7) is 1.86. The van der Waals surface area contributed by atoms with Gasteiger partial charge in [0.25, 0.3) is 0 Å². The first-order valence-electron chi connectivity index (χ1n) is 5.89. The fraction of sp³-hybridized carbons (Fsp3) is 0.200. The first kappa shape index (κ1) is 13.8. The van der Waals surface area contributed by atoms with E-state index in [0.717, 1.165) is 0 Å². The number of hydrogen-bond donors (Lipinski definition) is 1. The fourth-order valence-corrected chi connectivity index (χ4v) is 1.93. The molecule has 1 atom stereocenters. The maximum Gasteiger partial charge on any atom is 0.123 e. The third-order valence-electron chi connectivity index (χ3n) is 2.81. The van der Waals surface area contributed by atoms with Crippen molar-refractivity contribution in [1.29, 1.82) is 0 Å². The average Bonchev–Trinajstić information content (AvgIpc) is 2.37. The van der Waals surface area contributed by atoms with Crippen LogP contribution in [0.2, 0.25) is 5.02 Å². The van der Waals surface area contributed by atoms with Crippen LogP contribution in [0.5, 0.6) is 5.75 Å². The summed E-state index contributed by atoms with van der Waals surface area (Å²) in [5.74, 6) is 0.315. The molecule has 0 fully saturated rings. The van der Waals surface area contributed by atoms with Crippen molar-refractivity contribution in [3.05, 3.63) is 64.4 Å². The number of rotatable bonds is 4. The highest BCUT2D eigenvalue weighted by molar-refractivity contribution is 6.30. The normalized spacial score (nSPS) is 12.2. The Balaban J connectivity index is 2.01. The number of aryl methyl sites for hydroxylation is 1. The maximum absolute atomic E-state index is 13.0. The monoisotopic (exact) mass is 280 g/mol. The lowest BCUT2D eigenvalue weighted by Crippen LogP contribution is -2.11. The Labute approximate surface area is 116 Å². The highest BCUT2D eigenvalue weighted by Crippen LogP contribution is 2.21. The molecule has 1 unspecified atom stereocenters. The van der Waals surface area contributed by atoms with E-state index in [2.05, 4.69) is 0 Å². The van der Waals surface area contributed by atoms with Crippen LogP contribution in [0.4, 0.5) is 4.39 Å². The maximum atomic E-state index is 13.0. The Morgan fingerprint density at radius 2 is 1.89 bits per heavy atom. The van der Waals surface area contributed by atoms with Gasteiger partial charge in [-0.15, -0.1) is 0 Å². The molecule has 0 aliphatic heterocycles. The minimum atomic E-state index is -0.795. The largest absolute Gasteiger partial charge is 0.491 e. The van der Waals surface area contributed by atoms with Crippen molar-refractivity contribution in [3.8, 4) is 5.75 Å². The summed E-state index contributed by atoms with van der Waals surface area (Å²) in [5, 5.41) is 10.7. The summed E-state index contributed by atoms with van der Waals surface area (Å²) in [5.41, 5.74) is 1.36. The van der Waals surface area contributed by atoms with Crippen LogP contribution in [0.1, 0.15) is 17.2 Å². The van der Waals surface area contributed by atoms with Gasteiger partial charge in [-0.2, -0.15) is 0 Å². The predicted octanol–water partition coefficient (Wildman–Crippen LogP) is 3.90. The zero-order valence-corrected chi connectivity index (χ0v) is 11.2. The van der Waals surface area contributed by atoms with Gasteiger partial charge >= 0.3 is 0 Å². The Hall–Kier alpha value is -1.58. The molecule has 2 aromatic carbocycles. The van der Waals surface area contributed by atoms with Gasteiger partial charge in [-0.3, -0.25) is 0 Å². The molecular weight excluding hydrogens is 267 g/mol. The summed E-state index contributed by atoms with van der Waals surface area (Å²) >= 11 is 5.77. The molecule has 19 heavy (non-hydrogen) atoms. The quantitative estimate of drug-likeness (QED) is 0.920. The molecule has 0 spiro atoms. The van der Waals surface area contributed by atoms with Gasteiger partial charge in [0, 0.05) is 5.02 Å². The van der Waals surface area contributed by atoms with Crippen molar-refractivity contribution >= 4 is 11.6 Å². The van der Waals surface area contributed by atoms with Crippen LogP contribution in [0.25, 0.3) is 0 Å². The second-order valence-electron chi connectivity index (χ2n) is 4.28. The molecule has 2 nitrogen and oxygen atoms in total. The molecule has 2 aromatic rings. The second-order valence-corrected chi connectivity index (χ2v) is 4.72. The molecule has 0 saturated heterocycles. The fourth-order valence-electron chi connectivity index (χ4n) is 1.81. The average molecular weight is 281 g/mol. The number of ether oxygens (including phenoxy) is 1. The molecule has 1 N–H and O–H groups in total. The number of aliphatic hydroxyl groups is 1. The standard InChI is InChI=1S/C15H14ClFO2/c1-10-8-12(17)4-7-14(10)15(18)9-19-13-5-2-11(16)3-6-13/h2-8,15,18H,9H2,1H3. The molecule has 0 saturated carbocycles. The lowest BCUT2D eigenvalue weighted by molar-refractivity contribution is 0.107. The van der Waals surface area contributed by atoms with E-state index < -0.39 is 6.10 Å². The van der Waals surface area contributed by atoms with Crippen molar-refractivity contribution in [1.82, 2.24) is 0 Å². The van der Waals surface area contributed by atoms with E-state index in [1.165, 1.54) is 12.1 Å². The summed E-state index contributed by atoms with van der Waals surface area (Å²) in [4.78, 5) is 0. The van der Waals surface area contributed by atoms with Crippen molar-refractivity contribution in [3.63, 3.8) is 0 Å². The molecule has 0 aliphatic rings. The van der Waals surface area contributed by atoms with E-state index in [-0.39, 0.29) is 12.4 Å². The lowest BCUT2D eigenvalue weighted by Gasteiger charge is -2.15. The van der Waals surface area contributed by atoms with Gasteiger partial charge in [0.2, 0.25) is 0 Å². The van der Waals surface area contributed by atoms with Gasteiger partial charge in [0.1, 0.15) is 24.3 Å². The van der Waals surface area contributed by atoms with E-state index >= 15 is 0 Å². The zero-order valence-electron chi connectivity index (χ0n) is 10.4. The summed E-state index contributed by atoms with van der Waals surface area (Å²) in [6, 6.07) is 11.2. The van der Waals surface area contributed by atoms with Gasteiger partial charge in [0.05, 0.1) is 0 Å². The summed E-state index contributed by atoms with van der Waals surface area (Å²) in [6.07, 6.45) is -0.795. The van der Waals surface area contributed by atoms with Gasteiger partial charge in [0.15, 0.2) is 0 Å². The zero-order chi connectivity index (χ0) is 13.8. The van der Waals surface area contributed by atoms with E-state index in [1.807, 2.05) is 0 Å². The van der Waals surface area contributed by atoms with E-state index in [1.54, 1.807) is 37.3 Å². The van der Waals surface area contributed by atoms with Crippen molar-refractivity contribution < 1.29 is 14.2 Å². The number of aliphatic hydroxyl groups excluding tert-OH is 1. The lowest BCUT2D eigenvalue weighted by atomic mass is 10.0. The van der Waals surface area contributed by atoms with Crippen LogP contribution >= 0.6 is 11.6 Å². The SMILES string of the molecule is Cc1cc(F)ccc1C(O)COc1ccc(Cl)cc1. The summed E-state index contributed by atoms with van der Waals surface area (Å²) < 4.78 is 18.4. The smallest absolute Gasteiger partial charge is 0.123 e. The molecule has 0 aliphatic carbocycles. The predicted molar refractivity (Wildman–Crippen MR) is 73.0 cm³/mol. The Kier molecular flexibility index (Phi) is 4.40. The van der Waals surface area contributed by atoms with Crippen LogP contribution in [-0.2, 0) is 0 Å². The molecule has 2 rings (SSSR count). The first-order chi connectivity index (χ1) is 9.06. The minimum Gasteiger partial charge on any atom is -0.491 e. The van der Waals surface area contributed by atoms with Crippen LogP contribution in [0.15, 0.2) is 42.5 Å². The van der Waals surface area contributed by atoms with Crippen molar-refractivity contribution in [2.75, 3.05) is 6.61 Å². The summed E-state index contributed by atoms with van der Waals surface area (Å²) in [7, 11) is 0. The molecule has 0 bridgehead atoms. The van der Waals surface area contributed by atoms with Gasteiger partial charge in [-0.05, 0) is 54.4 Å². The van der Waals surface area contributed by atoms with Crippen LogP contribution < -0.4 is 4.74 Å². The highest BCUT2D eigenvalue weighted by atomic mass is 35.5. The van der Waals surface area contributed by atoms with E-state index in [9.17, 15) is 9.50 Å². The third kappa shape index (κ3) is 3.69. The molecule has 0 heterocycles. The van der Waals surface area contributed by atoms with Crippen molar-refractivity contribution in [2.24, 2.45) is 0 Å². The Morgan fingerprint density at radius 3 is 2.53 bits per heavy atom. The molecule has 0 radical (unpaired) electrons. The molecule has 4 heteroatoms. The molecule has 100 valence electrons. The van der Waals surface area contributed by atoms with Crippen LogP contribution in [0.3, 0.4) is 0 Å². The Morgan fingerprint density at radius 1 is 1.21 bits per heavy atom. The van der Waals surface area contributed by atoms with Gasteiger partial charge in [-0.1, -0.05) is 17.7 Å². The first-order valence-corrected chi connectivity index (χ1v) is 6.26. The van der Waals surface area contributed by atoms with Crippen molar-refractivity contribution in [2.45, 2.75) is 13.0 Å². The van der Waals surface area contributed by atoms with Crippen LogP contribution in [-0.4, -0.2) is 11.7 Å². The van der Waals surface area contributed by atoms with E-state index in [0.29, 0.717) is 21.9 Å². The topological polar surface area (TPSA) is 29.5 Å². The Bertz CT molecular complexity index is 555. The number of benzene rings is 2. The van der Waals surface area contributed by atoms with Crippen LogP contribution in [0, 0.1) is 12.7 Å².